The van der Waals surface area contributed by atoms with Gasteiger partial charge in [-0.1, -0.05) is 0 Å². The second-order valence-electron chi connectivity index (χ2n) is 4.17. The van der Waals surface area contributed by atoms with Crippen molar-refractivity contribution in [2.75, 3.05) is 11.1 Å². The summed E-state index contributed by atoms with van der Waals surface area (Å²) in [4.78, 5) is 0. The van der Waals surface area contributed by atoms with Crippen molar-refractivity contribution in [3.05, 3.63) is 47.4 Å². The molecule has 3 nitrogen and oxygen atoms in total. The molecule has 0 amide bonds. The number of benzene rings is 1. The van der Waals surface area contributed by atoms with Gasteiger partial charge in [-0.15, -0.1) is 0 Å². The molecule has 0 aliphatic rings. The lowest BCUT2D eigenvalue weighted by atomic mass is 10.1. The number of hydrogen-bond donors (Lipinski definition) is 2. The number of anilines is 2. The number of rotatable bonds is 3. The Morgan fingerprint density at radius 1 is 1.21 bits per heavy atom. The summed E-state index contributed by atoms with van der Waals surface area (Å²) < 4.78 is 42.7. The average Bonchev–Trinajstić information content (AvgIpc) is 2.72. The average molecular weight is 270 g/mol. The van der Waals surface area contributed by atoms with Crippen LogP contribution in [0.5, 0.6) is 0 Å². The zero-order valence-corrected chi connectivity index (χ0v) is 10.2. The molecule has 0 aliphatic carbocycles. The van der Waals surface area contributed by atoms with E-state index in [0.717, 1.165) is 17.9 Å². The molecule has 0 bridgehead atoms. The maximum atomic E-state index is 12.5. The molecular weight excluding hydrogens is 257 g/mol. The Bertz CT molecular complexity index is 576. The smallest absolute Gasteiger partial charge is 0.416 e. The van der Waals surface area contributed by atoms with Crippen molar-refractivity contribution >= 4 is 11.4 Å². The molecule has 3 N–H and O–H groups in total. The molecular formula is C13H13F3N2O. The normalized spacial score (nSPS) is 11.6. The zero-order valence-electron chi connectivity index (χ0n) is 10.2. The summed E-state index contributed by atoms with van der Waals surface area (Å²) in [5, 5.41) is 2.94. The van der Waals surface area contributed by atoms with Crippen LogP contribution in [0.25, 0.3) is 0 Å². The lowest BCUT2D eigenvalue weighted by Gasteiger charge is -2.11. The Labute approximate surface area is 108 Å². The molecule has 0 aliphatic heterocycles. The molecule has 0 spiro atoms. The number of nitrogen functional groups attached to an aromatic ring is 1. The first-order chi connectivity index (χ1) is 8.86. The molecule has 1 aromatic carbocycles. The molecule has 0 atom stereocenters. The molecule has 2 aromatic rings. The maximum absolute atomic E-state index is 12.5. The van der Waals surface area contributed by atoms with Crippen LogP contribution in [0.2, 0.25) is 0 Å². The largest absolute Gasteiger partial charge is 0.465 e. The van der Waals surface area contributed by atoms with Crippen molar-refractivity contribution in [3.63, 3.8) is 0 Å². The Hall–Kier alpha value is -2.11. The van der Waals surface area contributed by atoms with Crippen LogP contribution in [-0.4, -0.2) is 0 Å². The van der Waals surface area contributed by atoms with Crippen LogP contribution in [-0.2, 0) is 12.7 Å². The van der Waals surface area contributed by atoms with E-state index < -0.39 is 11.7 Å². The van der Waals surface area contributed by atoms with Gasteiger partial charge in [-0.2, -0.15) is 13.2 Å². The Morgan fingerprint density at radius 2 is 1.95 bits per heavy atom. The van der Waals surface area contributed by atoms with Gasteiger partial charge in [0.15, 0.2) is 0 Å². The predicted molar refractivity (Wildman–Crippen MR) is 66.6 cm³/mol. The van der Waals surface area contributed by atoms with Crippen molar-refractivity contribution < 1.29 is 17.6 Å². The van der Waals surface area contributed by atoms with Gasteiger partial charge >= 0.3 is 6.18 Å². The molecule has 2 rings (SSSR count). The monoisotopic (exact) mass is 270 g/mol. The predicted octanol–water partition coefficient (Wildman–Crippen LogP) is 3.80. The number of furan rings is 1. The highest BCUT2D eigenvalue weighted by Crippen LogP contribution is 2.32. The third-order valence-corrected chi connectivity index (χ3v) is 2.63. The fourth-order valence-corrected chi connectivity index (χ4v) is 1.66. The molecule has 0 saturated heterocycles. The van der Waals surface area contributed by atoms with Gasteiger partial charge in [-0.25, -0.2) is 0 Å². The van der Waals surface area contributed by atoms with Crippen molar-refractivity contribution in [2.45, 2.75) is 19.6 Å². The van der Waals surface area contributed by atoms with E-state index in [0.29, 0.717) is 18.0 Å². The van der Waals surface area contributed by atoms with Crippen molar-refractivity contribution in [3.8, 4) is 0 Å². The fourth-order valence-electron chi connectivity index (χ4n) is 1.66. The third kappa shape index (κ3) is 3.21. The molecule has 0 fully saturated rings. The summed E-state index contributed by atoms with van der Waals surface area (Å²) in [6.45, 7) is 2.18. The van der Waals surface area contributed by atoms with E-state index in [4.69, 9.17) is 10.2 Å². The highest BCUT2D eigenvalue weighted by molar-refractivity contribution is 5.67. The fraction of sp³-hybridized carbons (Fsp3) is 0.231. The SMILES string of the molecule is Cc1ccc(CNc2ccc(C(F)(F)F)cc2N)o1. The van der Waals surface area contributed by atoms with Crippen molar-refractivity contribution in [2.24, 2.45) is 0 Å². The minimum Gasteiger partial charge on any atom is -0.465 e. The van der Waals surface area contributed by atoms with Gasteiger partial charge in [-0.3, -0.25) is 0 Å². The van der Waals surface area contributed by atoms with Gasteiger partial charge in [0.2, 0.25) is 0 Å². The summed E-state index contributed by atoms with van der Waals surface area (Å²) in [6.07, 6.45) is -4.38. The highest BCUT2D eigenvalue weighted by Gasteiger charge is 2.30. The van der Waals surface area contributed by atoms with E-state index in [1.807, 2.05) is 13.0 Å². The summed E-state index contributed by atoms with van der Waals surface area (Å²) in [7, 11) is 0. The zero-order chi connectivity index (χ0) is 14.0. The minimum atomic E-state index is -4.38. The van der Waals surface area contributed by atoms with Crippen LogP contribution in [0.1, 0.15) is 17.1 Å². The van der Waals surface area contributed by atoms with E-state index in [1.54, 1.807) is 6.07 Å². The summed E-state index contributed by atoms with van der Waals surface area (Å²) in [5.41, 5.74) is 5.33. The number of alkyl halides is 3. The second-order valence-corrected chi connectivity index (χ2v) is 4.17. The van der Waals surface area contributed by atoms with Gasteiger partial charge in [0.05, 0.1) is 23.5 Å². The first-order valence-electron chi connectivity index (χ1n) is 5.62. The first kappa shape index (κ1) is 13.3. The van der Waals surface area contributed by atoms with E-state index in [-0.39, 0.29) is 5.69 Å². The van der Waals surface area contributed by atoms with Gasteiger partial charge in [0.25, 0.3) is 0 Å². The van der Waals surface area contributed by atoms with Crippen LogP contribution in [0, 0.1) is 6.92 Å². The topological polar surface area (TPSA) is 51.2 Å². The van der Waals surface area contributed by atoms with Crippen molar-refractivity contribution in [1.29, 1.82) is 0 Å². The van der Waals surface area contributed by atoms with Crippen LogP contribution in [0.15, 0.2) is 34.7 Å². The van der Waals surface area contributed by atoms with Gasteiger partial charge in [0, 0.05) is 0 Å². The Morgan fingerprint density at radius 3 is 2.47 bits per heavy atom. The Kier molecular flexibility index (Phi) is 3.42. The standard InChI is InChI=1S/C13H13F3N2O/c1-8-2-4-10(19-8)7-18-12-5-3-9(6-11(12)17)13(14,15)16/h2-6,18H,7,17H2,1H3. The van der Waals surface area contributed by atoms with E-state index in [1.165, 1.54) is 6.07 Å². The van der Waals surface area contributed by atoms with Gasteiger partial charge < -0.3 is 15.5 Å². The highest BCUT2D eigenvalue weighted by atomic mass is 19.4. The number of hydrogen-bond acceptors (Lipinski definition) is 3. The van der Waals surface area contributed by atoms with Crippen LogP contribution in [0.3, 0.4) is 0 Å². The lowest BCUT2D eigenvalue weighted by Crippen LogP contribution is -2.07. The summed E-state index contributed by atoms with van der Waals surface area (Å²) >= 11 is 0. The number of nitrogens with two attached hydrogens (primary N) is 1. The second kappa shape index (κ2) is 4.87. The first-order valence-corrected chi connectivity index (χ1v) is 5.62. The molecule has 19 heavy (non-hydrogen) atoms. The Balaban J connectivity index is 2.09. The van der Waals surface area contributed by atoms with E-state index >= 15 is 0 Å². The number of aryl methyl sites for hydroxylation is 1. The lowest BCUT2D eigenvalue weighted by molar-refractivity contribution is -0.137. The molecule has 1 heterocycles. The van der Waals surface area contributed by atoms with Crippen LogP contribution >= 0.6 is 0 Å². The van der Waals surface area contributed by atoms with E-state index in [2.05, 4.69) is 5.32 Å². The molecule has 6 heteroatoms. The maximum Gasteiger partial charge on any atom is 0.416 e. The van der Waals surface area contributed by atoms with Crippen molar-refractivity contribution in [1.82, 2.24) is 0 Å². The van der Waals surface area contributed by atoms with E-state index in [9.17, 15) is 13.2 Å². The molecule has 0 unspecified atom stereocenters. The van der Waals surface area contributed by atoms with Gasteiger partial charge in [-0.05, 0) is 37.3 Å². The molecule has 102 valence electrons. The minimum absolute atomic E-state index is 0.0538. The molecule has 0 saturated carbocycles. The van der Waals surface area contributed by atoms with Crippen LogP contribution < -0.4 is 11.1 Å². The quantitative estimate of drug-likeness (QED) is 0.834. The summed E-state index contributed by atoms with van der Waals surface area (Å²) in [5.74, 6) is 1.47. The third-order valence-electron chi connectivity index (χ3n) is 2.63. The molecule has 0 radical (unpaired) electrons. The molecule has 1 aromatic heterocycles. The van der Waals surface area contributed by atoms with Crippen LogP contribution in [0.4, 0.5) is 24.5 Å². The summed E-state index contributed by atoms with van der Waals surface area (Å²) in [6, 6.07) is 6.82. The number of halogens is 3. The van der Waals surface area contributed by atoms with Gasteiger partial charge in [0.1, 0.15) is 11.5 Å². The number of nitrogens with one attached hydrogen (secondary N) is 1.